The third-order valence-electron chi connectivity index (χ3n) is 7.80. The van der Waals surface area contributed by atoms with E-state index in [0.717, 1.165) is 33.3 Å². The van der Waals surface area contributed by atoms with Gasteiger partial charge in [0.1, 0.15) is 5.82 Å². The number of H-pyrrole nitrogens is 1. The number of carbonyl (C=O) groups excluding carboxylic acids is 1. The van der Waals surface area contributed by atoms with Crippen LogP contribution in [0.4, 0.5) is 4.39 Å². The van der Waals surface area contributed by atoms with E-state index in [1.54, 1.807) is 25.3 Å². The SMILES string of the molecule is COc1cc2c(cc1OC(C)C)-c1cc(C(=O)N[C@@H](CO)Cc3c[nH]c4ccccc34)c(-c3ccccc3F)n1CC2. The van der Waals surface area contributed by atoms with Gasteiger partial charge in [0.25, 0.3) is 5.91 Å². The normalized spacial score (nSPS) is 13.1. The molecule has 0 fully saturated rings. The van der Waals surface area contributed by atoms with Gasteiger partial charge in [-0.3, -0.25) is 4.79 Å². The number of carbonyl (C=O) groups is 1. The molecule has 0 radical (unpaired) electrons. The summed E-state index contributed by atoms with van der Waals surface area (Å²) in [4.78, 5) is 17.2. The van der Waals surface area contributed by atoms with Crippen LogP contribution in [0.15, 0.2) is 72.9 Å². The van der Waals surface area contributed by atoms with Crippen LogP contribution in [0.3, 0.4) is 0 Å². The van der Waals surface area contributed by atoms with Crippen molar-refractivity contribution in [3.05, 3.63) is 95.4 Å². The minimum atomic E-state index is -0.537. The number of benzene rings is 3. The summed E-state index contributed by atoms with van der Waals surface area (Å²) >= 11 is 0. The quantitative estimate of drug-likeness (QED) is 0.200. The van der Waals surface area contributed by atoms with Crippen LogP contribution >= 0.6 is 0 Å². The zero-order valence-electron chi connectivity index (χ0n) is 23.9. The number of amides is 1. The van der Waals surface area contributed by atoms with Crippen molar-refractivity contribution in [1.29, 1.82) is 0 Å². The monoisotopic (exact) mass is 567 g/mol. The van der Waals surface area contributed by atoms with Crippen molar-refractivity contribution in [2.24, 2.45) is 0 Å². The van der Waals surface area contributed by atoms with E-state index in [9.17, 15) is 9.90 Å². The number of nitrogens with zero attached hydrogens (tertiary/aromatic N) is 1. The molecule has 216 valence electrons. The van der Waals surface area contributed by atoms with E-state index in [1.807, 2.05) is 67.1 Å². The van der Waals surface area contributed by atoms with Gasteiger partial charge in [-0.05, 0) is 74.2 Å². The average molecular weight is 568 g/mol. The maximum atomic E-state index is 15.3. The highest BCUT2D eigenvalue weighted by atomic mass is 19.1. The van der Waals surface area contributed by atoms with Gasteiger partial charge < -0.3 is 29.4 Å². The number of methoxy groups -OCH3 is 1. The van der Waals surface area contributed by atoms with Crippen LogP contribution in [0, 0.1) is 5.82 Å². The third kappa shape index (κ3) is 5.03. The highest BCUT2D eigenvalue weighted by Gasteiger charge is 2.29. The molecule has 3 aromatic carbocycles. The van der Waals surface area contributed by atoms with Crippen molar-refractivity contribution in [1.82, 2.24) is 14.9 Å². The van der Waals surface area contributed by atoms with Gasteiger partial charge in [0.2, 0.25) is 0 Å². The lowest BCUT2D eigenvalue weighted by atomic mass is 9.97. The van der Waals surface area contributed by atoms with Gasteiger partial charge in [0, 0.05) is 40.5 Å². The molecule has 5 aromatic rings. The van der Waals surface area contributed by atoms with Gasteiger partial charge >= 0.3 is 0 Å². The molecule has 0 bridgehead atoms. The number of hydrogen-bond donors (Lipinski definition) is 3. The molecule has 0 spiro atoms. The Labute approximate surface area is 243 Å². The fourth-order valence-corrected chi connectivity index (χ4v) is 5.90. The number of aromatic amines is 1. The van der Waals surface area contributed by atoms with Crippen molar-refractivity contribution < 1.29 is 23.8 Å². The summed E-state index contributed by atoms with van der Waals surface area (Å²) in [6.45, 7) is 4.22. The fourth-order valence-electron chi connectivity index (χ4n) is 5.90. The standard InChI is InChI=1S/C34H34FN3O4/c1-20(2)42-32-17-26-21(15-31(32)41-3)12-13-38-30(26)16-27(33(38)25-9-4-6-10-28(25)35)34(40)37-23(19-39)14-22-18-36-29-11-7-5-8-24(22)29/h4-11,15-18,20,23,36,39H,12-14,19H2,1-3H3,(H,37,40)/t23-/m1/s1. The fraction of sp³-hybridized carbons (Fsp3) is 0.265. The number of ether oxygens (including phenoxy) is 2. The molecular weight excluding hydrogens is 533 g/mol. The number of halogens is 1. The Bertz CT molecular complexity index is 1770. The molecule has 0 saturated carbocycles. The molecule has 6 rings (SSSR count). The van der Waals surface area contributed by atoms with Gasteiger partial charge in [0.05, 0.1) is 37.1 Å². The molecular formula is C34H34FN3O4. The van der Waals surface area contributed by atoms with E-state index in [0.29, 0.717) is 47.7 Å². The Hall–Kier alpha value is -4.56. The second kappa shape index (κ2) is 11.4. The molecule has 2 aromatic heterocycles. The molecule has 0 aliphatic carbocycles. The molecule has 3 N–H and O–H groups in total. The third-order valence-corrected chi connectivity index (χ3v) is 7.80. The molecule has 1 atom stereocenters. The number of para-hydroxylation sites is 1. The van der Waals surface area contributed by atoms with Crippen molar-refractivity contribution in [3.8, 4) is 34.0 Å². The van der Waals surface area contributed by atoms with Crippen molar-refractivity contribution in [2.45, 2.75) is 45.4 Å². The number of aliphatic hydroxyl groups is 1. The molecule has 1 aliphatic heterocycles. The van der Waals surface area contributed by atoms with Gasteiger partial charge in [-0.1, -0.05) is 30.3 Å². The van der Waals surface area contributed by atoms with Crippen LogP contribution in [-0.4, -0.2) is 46.4 Å². The molecule has 1 amide bonds. The van der Waals surface area contributed by atoms with E-state index in [1.165, 1.54) is 6.07 Å². The zero-order valence-corrected chi connectivity index (χ0v) is 23.9. The van der Waals surface area contributed by atoms with E-state index < -0.39 is 11.9 Å². The summed E-state index contributed by atoms with van der Waals surface area (Å²) in [6, 6.07) is 19.6. The maximum Gasteiger partial charge on any atom is 0.253 e. The van der Waals surface area contributed by atoms with Gasteiger partial charge in [-0.2, -0.15) is 0 Å². The van der Waals surface area contributed by atoms with Gasteiger partial charge in [-0.15, -0.1) is 0 Å². The number of fused-ring (bicyclic) bond motifs is 4. The summed E-state index contributed by atoms with van der Waals surface area (Å²) in [5.74, 6) is 0.480. The summed E-state index contributed by atoms with van der Waals surface area (Å²) in [5, 5.41) is 14.3. The topological polar surface area (TPSA) is 88.5 Å². The van der Waals surface area contributed by atoms with Gasteiger partial charge in [-0.25, -0.2) is 4.39 Å². The Morgan fingerprint density at radius 2 is 1.86 bits per heavy atom. The Kier molecular flexibility index (Phi) is 7.47. The largest absolute Gasteiger partial charge is 0.493 e. The van der Waals surface area contributed by atoms with Crippen molar-refractivity contribution in [2.75, 3.05) is 13.7 Å². The number of nitrogens with one attached hydrogen (secondary N) is 2. The smallest absolute Gasteiger partial charge is 0.253 e. The zero-order chi connectivity index (χ0) is 29.4. The van der Waals surface area contributed by atoms with E-state index >= 15 is 4.39 Å². The Morgan fingerprint density at radius 1 is 1.07 bits per heavy atom. The van der Waals surface area contributed by atoms with Crippen LogP contribution in [-0.2, 0) is 19.4 Å². The van der Waals surface area contributed by atoms with Crippen LogP contribution in [0.25, 0.3) is 33.4 Å². The summed E-state index contributed by atoms with van der Waals surface area (Å²) in [6.07, 6.45) is 2.96. The molecule has 0 saturated heterocycles. The van der Waals surface area contributed by atoms with Gasteiger partial charge in [0.15, 0.2) is 11.5 Å². The predicted molar refractivity (Wildman–Crippen MR) is 162 cm³/mol. The minimum Gasteiger partial charge on any atom is -0.493 e. The van der Waals surface area contributed by atoms with Crippen LogP contribution in [0.5, 0.6) is 11.5 Å². The summed E-state index contributed by atoms with van der Waals surface area (Å²) in [7, 11) is 1.62. The number of rotatable bonds is 9. The molecule has 8 heteroatoms. The van der Waals surface area contributed by atoms with Crippen LogP contribution in [0.1, 0.15) is 35.3 Å². The number of aromatic nitrogens is 2. The molecule has 0 unspecified atom stereocenters. The summed E-state index contributed by atoms with van der Waals surface area (Å²) in [5.41, 5.74) is 5.97. The first-order valence-electron chi connectivity index (χ1n) is 14.2. The van der Waals surface area contributed by atoms with E-state index in [4.69, 9.17) is 9.47 Å². The number of aryl methyl sites for hydroxylation is 1. The number of hydrogen-bond acceptors (Lipinski definition) is 4. The Balaban J connectivity index is 1.42. The molecule has 42 heavy (non-hydrogen) atoms. The second-order valence-electron chi connectivity index (χ2n) is 10.9. The predicted octanol–water partition coefficient (Wildman–Crippen LogP) is 6.13. The lowest BCUT2D eigenvalue weighted by Gasteiger charge is -2.24. The lowest BCUT2D eigenvalue weighted by Crippen LogP contribution is -2.39. The summed E-state index contributed by atoms with van der Waals surface area (Å²) < 4.78 is 28.9. The second-order valence-corrected chi connectivity index (χ2v) is 10.9. The first-order valence-corrected chi connectivity index (χ1v) is 14.2. The first-order chi connectivity index (χ1) is 20.4. The molecule has 1 aliphatic rings. The Morgan fingerprint density at radius 3 is 2.62 bits per heavy atom. The maximum absolute atomic E-state index is 15.3. The van der Waals surface area contributed by atoms with Crippen molar-refractivity contribution in [3.63, 3.8) is 0 Å². The molecule has 3 heterocycles. The van der Waals surface area contributed by atoms with E-state index in [-0.39, 0.29) is 18.6 Å². The highest BCUT2D eigenvalue weighted by Crippen LogP contribution is 2.43. The number of aliphatic hydroxyl groups excluding tert-OH is 1. The highest BCUT2D eigenvalue weighted by molar-refractivity contribution is 6.02. The van der Waals surface area contributed by atoms with Crippen LogP contribution in [0.2, 0.25) is 0 Å². The lowest BCUT2D eigenvalue weighted by molar-refractivity contribution is 0.0917. The van der Waals surface area contributed by atoms with Crippen LogP contribution < -0.4 is 14.8 Å². The molecule has 7 nitrogen and oxygen atoms in total. The minimum absolute atomic E-state index is 0.0600. The average Bonchev–Trinajstić information content (AvgIpc) is 3.58. The van der Waals surface area contributed by atoms with E-state index in [2.05, 4.69) is 10.3 Å². The van der Waals surface area contributed by atoms with Crippen molar-refractivity contribution >= 4 is 16.8 Å². The first kappa shape index (κ1) is 27.6.